The number of hydrogen-bond acceptors (Lipinski definition) is 4. The highest BCUT2D eigenvalue weighted by atomic mass is 35.5. The minimum Gasteiger partial charge on any atom is -0.422 e. The van der Waals surface area contributed by atoms with Gasteiger partial charge in [-0.25, -0.2) is 9.97 Å². The monoisotopic (exact) mass is 385 g/mol. The van der Waals surface area contributed by atoms with Crippen molar-refractivity contribution in [1.82, 2.24) is 9.97 Å². The first-order valence-electron chi connectivity index (χ1n) is 7.89. The minimum absolute atomic E-state index is 0.0264. The SMILES string of the molecule is C=C(C)c1cccc(Oc2ncc(Cl)cn2)c1N(C)CCCC(F)(F)F. The fourth-order valence-corrected chi connectivity index (χ4v) is 2.52. The maximum atomic E-state index is 12.4. The molecule has 26 heavy (non-hydrogen) atoms. The molecular weight excluding hydrogens is 367 g/mol. The van der Waals surface area contributed by atoms with Crippen molar-refractivity contribution in [2.75, 3.05) is 18.5 Å². The Morgan fingerprint density at radius 2 is 1.92 bits per heavy atom. The number of rotatable bonds is 7. The van der Waals surface area contributed by atoms with Crippen LogP contribution in [0.25, 0.3) is 5.57 Å². The van der Waals surface area contributed by atoms with Crippen LogP contribution in [0.2, 0.25) is 5.02 Å². The van der Waals surface area contributed by atoms with E-state index in [4.69, 9.17) is 16.3 Å². The fraction of sp³-hybridized carbons (Fsp3) is 0.333. The van der Waals surface area contributed by atoms with Gasteiger partial charge in [0.05, 0.1) is 23.1 Å². The lowest BCUT2D eigenvalue weighted by Crippen LogP contribution is -2.22. The zero-order valence-electron chi connectivity index (χ0n) is 14.5. The van der Waals surface area contributed by atoms with E-state index in [9.17, 15) is 13.2 Å². The molecule has 0 radical (unpaired) electrons. The molecule has 1 aromatic carbocycles. The van der Waals surface area contributed by atoms with Gasteiger partial charge in [0, 0.05) is 25.6 Å². The highest BCUT2D eigenvalue weighted by Gasteiger charge is 2.26. The van der Waals surface area contributed by atoms with Gasteiger partial charge in [-0.3, -0.25) is 0 Å². The lowest BCUT2D eigenvalue weighted by atomic mass is 10.0. The van der Waals surface area contributed by atoms with Crippen molar-refractivity contribution in [3.8, 4) is 11.8 Å². The average molecular weight is 386 g/mol. The summed E-state index contributed by atoms with van der Waals surface area (Å²) in [5.41, 5.74) is 2.19. The van der Waals surface area contributed by atoms with Crippen molar-refractivity contribution in [3.05, 3.63) is 47.8 Å². The summed E-state index contributed by atoms with van der Waals surface area (Å²) in [6.45, 7) is 5.97. The molecule has 0 spiro atoms. The van der Waals surface area contributed by atoms with Gasteiger partial charge in [-0.2, -0.15) is 13.2 Å². The molecule has 2 rings (SSSR count). The van der Waals surface area contributed by atoms with E-state index in [0.717, 1.165) is 11.1 Å². The van der Waals surface area contributed by atoms with E-state index in [0.29, 0.717) is 16.5 Å². The van der Waals surface area contributed by atoms with E-state index in [1.807, 2.05) is 13.0 Å². The minimum atomic E-state index is -4.18. The topological polar surface area (TPSA) is 38.3 Å². The molecule has 2 aromatic rings. The van der Waals surface area contributed by atoms with Crippen molar-refractivity contribution in [1.29, 1.82) is 0 Å². The summed E-state index contributed by atoms with van der Waals surface area (Å²) in [6, 6.07) is 5.42. The second-order valence-corrected chi connectivity index (χ2v) is 6.30. The molecule has 0 N–H and O–H groups in total. The number of hydrogen-bond donors (Lipinski definition) is 0. The second kappa shape index (κ2) is 8.40. The van der Waals surface area contributed by atoms with Gasteiger partial charge in [-0.15, -0.1) is 0 Å². The number of anilines is 1. The number of halogens is 4. The molecule has 0 aliphatic heterocycles. The first-order chi connectivity index (χ1) is 12.2. The van der Waals surface area contributed by atoms with Crippen LogP contribution in [0.1, 0.15) is 25.3 Å². The van der Waals surface area contributed by atoms with Crippen LogP contribution >= 0.6 is 11.6 Å². The number of benzene rings is 1. The summed E-state index contributed by atoms with van der Waals surface area (Å²) in [5, 5.41) is 0.373. The Labute approximate surface area is 155 Å². The van der Waals surface area contributed by atoms with E-state index in [1.54, 1.807) is 24.1 Å². The molecule has 0 bridgehead atoms. The quantitative estimate of drug-likeness (QED) is 0.609. The smallest absolute Gasteiger partial charge is 0.389 e. The third-order valence-corrected chi connectivity index (χ3v) is 3.79. The molecule has 140 valence electrons. The predicted molar refractivity (Wildman–Crippen MR) is 96.8 cm³/mol. The first kappa shape index (κ1) is 20.0. The normalized spacial score (nSPS) is 11.3. The van der Waals surface area contributed by atoms with Crippen molar-refractivity contribution in [2.45, 2.75) is 25.9 Å². The van der Waals surface area contributed by atoms with Crippen LogP contribution < -0.4 is 9.64 Å². The number of alkyl halides is 3. The molecular formula is C18H19ClF3N3O. The Morgan fingerprint density at radius 1 is 1.27 bits per heavy atom. The number of ether oxygens (including phenoxy) is 1. The van der Waals surface area contributed by atoms with Crippen LogP contribution in [-0.4, -0.2) is 29.7 Å². The zero-order chi connectivity index (χ0) is 19.3. The summed E-state index contributed by atoms with van der Waals surface area (Å²) >= 11 is 5.76. The molecule has 0 aliphatic rings. The van der Waals surface area contributed by atoms with Crippen LogP contribution in [-0.2, 0) is 0 Å². The van der Waals surface area contributed by atoms with Gasteiger partial charge in [0.15, 0.2) is 5.75 Å². The molecule has 8 heteroatoms. The molecule has 4 nitrogen and oxygen atoms in total. The van der Waals surface area contributed by atoms with Crippen LogP contribution in [0.4, 0.5) is 18.9 Å². The van der Waals surface area contributed by atoms with Crippen LogP contribution in [0.5, 0.6) is 11.8 Å². The molecule has 0 fully saturated rings. The number of aromatic nitrogens is 2. The molecule has 0 unspecified atom stereocenters. The van der Waals surface area contributed by atoms with Crippen LogP contribution in [0, 0.1) is 0 Å². The molecule has 0 saturated heterocycles. The van der Waals surface area contributed by atoms with Gasteiger partial charge < -0.3 is 9.64 Å². The number of para-hydroxylation sites is 1. The van der Waals surface area contributed by atoms with Gasteiger partial charge in [0.25, 0.3) is 0 Å². The van der Waals surface area contributed by atoms with Gasteiger partial charge >= 0.3 is 12.2 Å². The molecule has 0 atom stereocenters. The summed E-state index contributed by atoms with van der Waals surface area (Å²) in [5.74, 6) is 0.433. The fourth-order valence-electron chi connectivity index (χ4n) is 2.42. The maximum Gasteiger partial charge on any atom is 0.389 e. The predicted octanol–water partition coefficient (Wildman–Crippen LogP) is 5.73. The lowest BCUT2D eigenvalue weighted by molar-refractivity contribution is -0.135. The van der Waals surface area contributed by atoms with Crippen LogP contribution in [0.15, 0.2) is 37.2 Å². The largest absolute Gasteiger partial charge is 0.422 e. The Kier molecular flexibility index (Phi) is 6.47. The highest BCUT2D eigenvalue weighted by molar-refractivity contribution is 6.30. The summed E-state index contributed by atoms with van der Waals surface area (Å²) in [7, 11) is 1.72. The third-order valence-electron chi connectivity index (χ3n) is 3.59. The average Bonchev–Trinajstić information content (AvgIpc) is 2.55. The Bertz CT molecular complexity index is 763. The Morgan fingerprint density at radius 3 is 2.50 bits per heavy atom. The zero-order valence-corrected chi connectivity index (χ0v) is 15.2. The van der Waals surface area contributed by atoms with E-state index in [1.165, 1.54) is 12.4 Å². The van der Waals surface area contributed by atoms with Gasteiger partial charge in [0.2, 0.25) is 0 Å². The van der Waals surface area contributed by atoms with E-state index in [2.05, 4.69) is 16.5 Å². The van der Waals surface area contributed by atoms with Crippen molar-refractivity contribution < 1.29 is 17.9 Å². The molecule has 0 saturated carbocycles. The van der Waals surface area contributed by atoms with E-state index >= 15 is 0 Å². The Balaban J connectivity index is 2.28. The van der Waals surface area contributed by atoms with Crippen molar-refractivity contribution in [2.24, 2.45) is 0 Å². The summed E-state index contributed by atoms with van der Waals surface area (Å²) in [4.78, 5) is 9.70. The third kappa shape index (κ3) is 5.62. The van der Waals surface area contributed by atoms with Crippen molar-refractivity contribution >= 4 is 22.9 Å². The summed E-state index contributed by atoms with van der Waals surface area (Å²) in [6.07, 6.45) is -2.24. The lowest BCUT2D eigenvalue weighted by Gasteiger charge is -2.25. The van der Waals surface area contributed by atoms with E-state index < -0.39 is 12.6 Å². The number of allylic oxidation sites excluding steroid dienone is 1. The number of nitrogens with zero attached hydrogens (tertiary/aromatic N) is 3. The second-order valence-electron chi connectivity index (χ2n) is 5.86. The molecule has 1 heterocycles. The Hall–Kier alpha value is -2.28. The van der Waals surface area contributed by atoms with E-state index in [-0.39, 0.29) is 19.0 Å². The maximum absolute atomic E-state index is 12.4. The van der Waals surface area contributed by atoms with Gasteiger partial charge in [-0.05, 0) is 25.0 Å². The molecule has 0 amide bonds. The van der Waals surface area contributed by atoms with Crippen LogP contribution in [0.3, 0.4) is 0 Å². The first-order valence-corrected chi connectivity index (χ1v) is 8.27. The standard InChI is InChI=1S/C18H19ClF3N3O/c1-12(2)14-6-4-7-15(26-17-23-10-13(19)11-24-17)16(14)25(3)9-5-8-18(20,21)22/h4,6-7,10-11H,1,5,8-9H2,2-3H3. The molecule has 1 aromatic heterocycles. The summed E-state index contributed by atoms with van der Waals surface area (Å²) < 4.78 is 43.0. The van der Waals surface area contributed by atoms with Gasteiger partial charge in [0.1, 0.15) is 0 Å². The molecule has 0 aliphatic carbocycles. The highest BCUT2D eigenvalue weighted by Crippen LogP contribution is 2.37. The van der Waals surface area contributed by atoms with Crippen molar-refractivity contribution in [3.63, 3.8) is 0 Å². The van der Waals surface area contributed by atoms with Gasteiger partial charge in [-0.1, -0.05) is 30.3 Å².